The number of thioether (sulfide) groups is 2. The molecule has 36 heavy (non-hydrogen) atoms. The maximum Gasteiger partial charge on any atom is 0.277 e. The fourth-order valence-electron chi connectivity index (χ4n) is 3.32. The molecule has 4 rings (SSSR count). The van der Waals surface area contributed by atoms with Crippen molar-refractivity contribution in [1.82, 2.24) is 5.43 Å². The lowest BCUT2D eigenvalue weighted by atomic mass is 10.2. The van der Waals surface area contributed by atoms with Crippen molar-refractivity contribution in [3.05, 3.63) is 87.6 Å². The molecule has 0 spiro atoms. The molecular weight excluding hydrogens is 567 g/mol. The Hall–Kier alpha value is -2.69. The van der Waals surface area contributed by atoms with E-state index >= 15 is 0 Å². The Morgan fingerprint density at radius 2 is 1.86 bits per heavy atom. The van der Waals surface area contributed by atoms with Gasteiger partial charge in [-0.25, -0.2) is 9.82 Å². The van der Waals surface area contributed by atoms with Gasteiger partial charge < -0.3 is 14.2 Å². The number of carbonyl (C=O) groups excluding carboxylic acids is 1. The van der Waals surface area contributed by atoms with Crippen LogP contribution in [0.4, 0.5) is 4.39 Å². The van der Waals surface area contributed by atoms with Gasteiger partial charge in [0.25, 0.3) is 5.91 Å². The highest BCUT2D eigenvalue weighted by atomic mass is 79.9. The van der Waals surface area contributed by atoms with E-state index in [0.717, 1.165) is 0 Å². The van der Waals surface area contributed by atoms with Gasteiger partial charge >= 0.3 is 0 Å². The van der Waals surface area contributed by atoms with Crippen molar-refractivity contribution in [2.75, 3.05) is 25.2 Å². The van der Waals surface area contributed by atoms with Crippen LogP contribution in [0.5, 0.6) is 17.2 Å². The fraction of sp³-hybridized carbons (Fsp3) is 0.231. The first-order valence-corrected chi connectivity index (χ1v) is 13.9. The van der Waals surface area contributed by atoms with E-state index in [9.17, 15) is 9.18 Å². The second-order valence-corrected chi connectivity index (χ2v) is 11.2. The van der Waals surface area contributed by atoms with Gasteiger partial charge in [-0.05, 0) is 51.8 Å². The summed E-state index contributed by atoms with van der Waals surface area (Å²) in [4.78, 5) is 12.1. The zero-order chi connectivity index (χ0) is 25.3. The molecule has 0 aliphatic carbocycles. The number of benzene rings is 3. The van der Waals surface area contributed by atoms with Crippen molar-refractivity contribution in [3.63, 3.8) is 0 Å². The average molecular weight is 592 g/mol. The van der Waals surface area contributed by atoms with E-state index in [-0.39, 0.29) is 24.9 Å². The molecule has 1 amide bonds. The zero-order valence-corrected chi connectivity index (χ0v) is 22.6. The second-order valence-electron chi connectivity index (χ2n) is 7.63. The third kappa shape index (κ3) is 7.18. The van der Waals surface area contributed by atoms with Gasteiger partial charge in [0.1, 0.15) is 18.2 Å². The molecule has 1 heterocycles. The molecule has 1 aliphatic heterocycles. The number of hydrazone groups is 1. The number of rotatable bonds is 10. The number of amides is 1. The van der Waals surface area contributed by atoms with Gasteiger partial charge in [-0.2, -0.15) is 5.10 Å². The van der Waals surface area contributed by atoms with E-state index in [1.807, 2.05) is 47.8 Å². The normalized spacial score (nSPS) is 13.6. The summed E-state index contributed by atoms with van der Waals surface area (Å²) in [5.74, 6) is 3.14. The Labute approximate surface area is 226 Å². The van der Waals surface area contributed by atoms with Crippen molar-refractivity contribution in [2.24, 2.45) is 5.10 Å². The third-order valence-corrected chi connectivity index (χ3v) is 8.95. The molecule has 1 fully saturated rings. The van der Waals surface area contributed by atoms with Crippen molar-refractivity contribution in [3.8, 4) is 17.2 Å². The molecule has 188 valence electrons. The summed E-state index contributed by atoms with van der Waals surface area (Å²) >= 11 is 7.35. The summed E-state index contributed by atoms with van der Waals surface area (Å²) < 4.78 is 31.7. The molecule has 1 N–H and O–H groups in total. The molecule has 0 aromatic heterocycles. The molecule has 1 saturated heterocycles. The molecule has 6 nitrogen and oxygen atoms in total. The third-order valence-electron chi connectivity index (χ3n) is 5.16. The van der Waals surface area contributed by atoms with Crippen LogP contribution in [0.2, 0.25) is 0 Å². The van der Waals surface area contributed by atoms with Gasteiger partial charge in [-0.1, -0.05) is 30.3 Å². The maximum atomic E-state index is 13.9. The van der Waals surface area contributed by atoms with E-state index in [0.29, 0.717) is 37.4 Å². The van der Waals surface area contributed by atoms with Crippen LogP contribution in [0.3, 0.4) is 0 Å². The second kappa shape index (κ2) is 13.0. The number of halogens is 2. The molecule has 3 aromatic carbocycles. The van der Waals surface area contributed by atoms with E-state index in [1.165, 1.54) is 36.5 Å². The van der Waals surface area contributed by atoms with Crippen LogP contribution in [0.25, 0.3) is 0 Å². The lowest BCUT2D eigenvalue weighted by molar-refractivity contribution is -0.123. The highest BCUT2D eigenvalue weighted by Gasteiger charge is 2.18. The molecule has 0 atom stereocenters. The molecular formula is C26H24BrFN2O4S2. The van der Waals surface area contributed by atoms with E-state index in [2.05, 4.69) is 26.5 Å². The summed E-state index contributed by atoms with van der Waals surface area (Å²) in [6, 6.07) is 17.7. The first-order chi connectivity index (χ1) is 17.5. The molecule has 3 aromatic rings. The van der Waals surface area contributed by atoms with Gasteiger partial charge in [-0.3, -0.25) is 4.79 Å². The monoisotopic (exact) mass is 590 g/mol. The summed E-state index contributed by atoms with van der Waals surface area (Å²) in [7, 11) is 1.51. The maximum absolute atomic E-state index is 13.9. The minimum atomic E-state index is -0.384. The van der Waals surface area contributed by atoms with Gasteiger partial charge in [0, 0.05) is 27.1 Å². The largest absolute Gasteiger partial charge is 0.493 e. The first kappa shape index (κ1) is 26.4. The van der Waals surface area contributed by atoms with E-state index in [4.69, 9.17) is 14.2 Å². The first-order valence-electron chi connectivity index (χ1n) is 11.0. The Morgan fingerprint density at radius 1 is 1.11 bits per heavy atom. The number of ether oxygens (including phenoxy) is 3. The van der Waals surface area contributed by atoms with Crippen LogP contribution < -0.4 is 19.6 Å². The molecule has 10 heteroatoms. The van der Waals surface area contributed by atoms with Crippen LogP contribution >= 0.6 is 39.5 Å². The molecule has 1 aliphatic rings. The van der Waals surface area contributed by atoms with Crippen molar-refractivity contribution >= 4 is 51.6 Å². The lowest BCUT2D eigenvalue weighted by Gasteiger charge is -2.13. The Kier molecular flexibility index (Phi) is 9.54. The molecule has 0 radical (unpaired) electrons. The van der Waals surface area contributed by atoms with Crippen molar-refractivity contribution in [2.45, 2.75) is 11.2 Å². The smallest absolute Gasteiger partial charge is 0.277 e. The number of methoxy groups -OCH3 is 1. The molecule has 0 unspecified atom stereocenters. The van der Waals surface area contributed by atoms with Gasteiger partial charge in [0.15, 0.2) is 18.1 Å². The SMILES string of the molecule is COc1cc(/C=N\NC(=O)COc2ccc(C3SCCS3)cc2)c(Br)cc1OCc1ccccc1F. The van der Waals surface area contributed by atoms with Gasteiger partial charge in [0.05, 0.1) is 17.9 Å². The van der Waals surface area contributed by atoms with E-state index in [1.54, 1.807) is 30.3 Å². The number of nitrogens with one attached hydrogen (secondary N) is 1. The van der Waals surface area contributed by atoms with Crippen LogP contribution in [0.1, 0.15) is 21.3 Å². The number of hydrogen-bond acceptors (Lipinski definition) is 7. The minimum absolute atomic E-state index is 0.0558. The minimum Gasteiger partial charge on any atom is -0.493 e. The Morgan fingerprint density at radius 3 is 2.58 bits per heavy atom. The van der Waals surface area contributed by atoms with Gasteiger partial charge in [-0.15, -0.1) is 23.5 Å². The van der Waals surface area contributed by atoms with Crippen molar-refractivity contribution in [1.29, 1.82) is 0 Å². The van der Waals surface area contributed by atoms with Crippen LogP contribution in [0.15, 0.2) is 70.2 Å². The van der Waals surface area contributed by atoms with Crippen molar-refractivity contribution < 1.29 is 23.4 Å². The lowest BCUT2D eigenvalue weighted by Crippen LogP contribution is -2.24. The topological polar surface area (TPSA) is 69.2 Å². The van der Waals surface area contributed by atoms with Crippen LogP contribution in [-0.2, 0) is 11.4 Å². The predicted molar refractivity (Wildman–Crippen MR) is 147 cm³/mol. The van der Waals surface area contributed by atoms with Crippen LogP contribution in [0, 0.1) is 5.82 Å². The number of carbonyl (C=O) groups is 1. The average Bonchev–Trinajstić information content (AvgIpc) is 3.43. The summed E-state index contributed by atoms with van der Waals surface area (Å²) in [6.45, 7) is -0.100. The quantitative estimate of drug-likeness (QED) is 0.224. The van der Waals surface area contributed by atoms with E-state index < -0.39 is 0 Å². The summed E-state index contributed by atoms with van der Waals surface area (Å²) in [6.07, 6.45) is 1.48. The number of nitrogens with zero attached hydrogens (tertiary/aromatic N) is 1. The summed E-state index contributed by atoms with van der Waals surface area (Å²) in [5.41, 5.74) is 4.81. The van der Waals surface area contributed by atoms with Gasteiger partial charge in [0.2, 0.25) is 0 Å². The number of hydrogen-bond donors (Lipinski definition) is 1. The Bertz CT molecular complexity index is 1220. The Balaban J connectivity index is 1.29. The fourth-order valence-corrected chi connectivity index (χ4v) is 6.60. The predicted octanol–water partition coefficient (Wildman–Crippen LogP) is 6.18. The zero-order valence-electron chi connectivity index (χ0n) is 19.4. The highest BCUT2D eigenvalue weighted by molar-refractivity contribution is 9.10. The standard InChI is InChI=1S/C26H24BrFN2O4S2/c1-32-23-12-19(21(27)13-24(23)34-15-18-4-2-3-5-22(18)28)14-29-30-25(31)16-33-20-8-6-17(7-9-20)26-35-10-11-36-26/h2-9,12-14,26H,10-11,15-16H2,1H3,(H,30,31)/b29-14-. The molecule has 0 saturated carbocycles. The highest BCUT2D eigenvalue weighted by Crippen LogP contribution is 2.45. The molecule has 0 bridgehead atoms. The summed E-state index contributed by atoms with van der Waals surface area (Å²) in [5, 5.41) is 4.01. The van der Waals surface area contributed by atoms with Crippen LogP contribution in [-0.4, -0.2) is 37.3 Å².